The van der Waals surface area contributed by atoms with Gasteiger partial charge in [0.25, 0.3) is 0 Å². The van der Waals surface area contributed by atoms with Gasteiger partial charge in [0.05, 0.1) is 11.5 Å². The number of anilines is 1. The monoisotopic (exact) mass is 495 g/mol. The molecule has 3 aromatic carbocycles. The van der Waals surface area contributed by atoms with E-state index in [9.17, 15) is 14.7 Å². The molecule has 2 N–H and O–H groups in total. The number of hydrogen-bond donors (Lipinski definition) is 2. The molecule has 5 rings (SSSR count). The average Bonchev–Trinajstić information content (AvgIpc) is 3.68. The van der Waals surface area contributed by atoms with Crippen LogP contribution < -0.4 is 5.32 Å². The van der Waals surface area contributed by atoms with E-state index >= 15 is 0 Å². The van der Waals surface area contributed by atoms with E-state index in [1.807, 2.05) is 85.8 Å². The van der Waals surface area contributed by atoms with E-state index in [-0.39, 0.29) is 12.1 Å². The highest BCUT2D eigenvalue weighted by molar-refractivity contribution is 5.94. The lowest BCUT2D eigenvalue weighted by Gasteiger charge is -2.25. The molecule has 2 amide bonds. The van der Waals surface area contributed by atoms with Gasteiger partial charge >= 0.3 is 12.0 Å². The van der Waals surface area contributed by atoms with Gasteiger partial charge in [-0.05, 0) is 48.9 Å². The number of carboxylic acid groups (broad SMARTS) is 1. The van der Waals surface area contributed by atoms with E-state index in [0.29, 0.717) is 30.0 Å². The third-order valence-corrected chi connectivity index (χ3v) is 7.36. The zero-order valence-corrected chi connectivity index (χ0v) is 21.1. The summed E-state index contributed by atoms with van der Waals surface area (Å²) in [7, 11) is 1.76. The molecule has 0 aliphatic heterocycles. The highest BCUT2D eigenvalue weighted by atomic mass is 16.5. The minimum absolute atomic E-state index is 0.110. The SMILES string of the molecule is Cc1noc(-c2ccc(-c3ccc(C4(C(=O)O)CC4)cc3)cc2)c1NC(=O)N(C)[C@H](C)c1ccccc1. The molecule has 1 fully saturated rings. The molecule has 1 aromatic heterocycles. The number of nitrogens with one attached hydrogen (secondary N) is 1. The molecule has 1 heterocycles. The summed E-state index contributed by atoms with van der Waals surface area (Å²) < 4.78 is 5.60. The maximum atomic E-state index is 13.1. The minimum atomic E-state index is -0.754. The van der Waals surface area contributed by atoms with Crippen LogP contribution in [0.5, 0.6) is 0 Å². The number of nitrogens with zero attached hydrogens (tertiary/aromatic N) is 2. The van der Waals surface area contributed by atoms with Crippen LogP contribution in [0.3, 0.4) is 0 Å². The van der Waals surface area contributed by atoms with Gasteiger partial charge in [0.15, 0.2) is 5.76 Å². The molecule has 1 aliphatic carbocycles. The Bertz CT molecular complexity index is 1420. The second kappa shape index (κ2) is 9.58. The van der Waals surface area contributed by atoms with Gasteiger partial charge in [-0.15, -0.1) is 0 Å². The minimum Gasteiger partial charge on any atom is -0.481 e. The summed E-state index contributed by atoms with van der Waals surface area (Å²) in [6.45, 7) is 3.77. The Labute approximate surface area is 215 Å². The van der Waals surface area contributed by atoms with Crippen molar-refractivity contribution in [3.05, 3.63) is 95.7 Å². The molecule has 7 heteroatoms. The smallest absolute Gasteiger partial charge is 0.322 e. The molecule has 188 valence electrons. The lowest BCUT2D eigenvalue weighted by molar-refractivity contribution is -0.140. The van der Waals surface area contributed by atoms with E-state index in [1.54, 1.807) is 18.9 Å². The number of carbonyl (C=O) groups excluding carboxylic acids is 1. The van der Waals surface area contributed by atoms with Crippen molar-refractivity contribution in [2.45, 2.75) is 38.1 Å². The Balaban J connectivity index is 1.32. The van der Waals surface area contributed by atoms with E-state index in [2.05, 4.69) is 10.5 Å². The fourth-order valence-electron chi connectivity index (χ4n) is 4.59. The van der Waals surface area contributed by atoms with Gasteiger partial charge in [0.1, 0.15) is 11.4 Å². The summed E-state index contributed by atoms with van der Waals surface area (Å²) in [5.41, 5.74) is 5.10. The van der Waals surface area contributed by atoms with Gasteiger partial charge in [-0.3, -0.25) is 4.79 Å². The highest BCUT2D eigenvalue weighted by Crippen LogP contribution is 2.48. The van der Waals surface area contributed by atoms with Crippen LogP contribution in [0.4, 0.5) is 10.5 Å². The molecule has 0 radical (unpaired) electrons. The van der Waals surface area contributed by atoms with E-state index in [0.717, 1.165) is 27.8 Å². The normalized spacial score (nSPS) is 14.6. The van der Waals surface area contributed by atoms with Crippen LogP contribution in [0.2, 0.25) is 0 Å². The van der Waals surface area contributed by atoms with Crippen LogP contribution in [0.1, 0.15) is 42.6 Å². The van der Waals surface area contributed by atoms with Crippen LogP contribution in [0.15, 0.2) is 83.4 Å². The number of urea groups is 1. The highest BCUT2D eigenvalue weighted by Gasteiger charge is 2.51. The van der Waals surface area contributed by atoms with E-state index in [1.165, 1.54) is 0 Å². The quantitative estimate of drug-likeness (QED) is 0.299. The van der Waals surface area contributed by atoms with E-state index in [4.69, 9.17) is 4.52 Å². The predicted octanol–water partition coefficient (Wildman–Crippen LogP) is 6.66. The number of aryl methyl sites for hydroxylation is 1. The summed E-state index contributed by atoms with van der Waals surface area (Å²) in [5.74, 6) is -0.263. The lowest BCUT2D eigenvalue weighted by Crippen LogP contribution is -2.33. The van der Waals surface area contributed by atoms with E-state index < -0.39 is 11.4 Å². The molecule has 0 spiro atoms. The van der Waals surface area contributed by atoms with Crippen molar-refractivity contribution in [1.82, 2.24) is 10.1 Å². The zero-order chi connectivity index (χ0) is 26.2. The van der Waals surface area contributed by atoms with Crippen LogP contribution in [-0.4, -0.2) is 34.2 Å². The molecule has 0 unspecified atom stereocenters. The van der Waals surface area contributed by atoms with Crippen molar-refractivity contribution in [2.75, 3.05) is 12.4 Å². The number of aliphatic carboxylic acids is 1. The van der Waals surface area contributed by atoms with Gasteiger partial charge in [-0.2, -0.15) is 0 Å². The number of aromatic nitrogens is 1. The fourth-order valence-corrected chi connectivity index (χ4v) is 4.59. The molecule has 0 saturated heterocycles. The summed E-state index contributed by atoms with van der Waals surface area (Å²) in [4.78, 5) is 26.3. The van der Waals surface area contributed by atoms with Crippen LogP contribution in [0, 0.1) is 6.92 Å². The topological polar surface area (TPSA) is 95.7 Å². The van der Waals surface area contributed by atoms with Crippen molar-refractivity contribution in [1.29, 1.82) is 0 Å². The Morgan fingerprint density at radius 3 is 2.08 bits per heavy atom. The van der Waals surface area contributed by atoms with Crippen molar-refractivity contribution in [2.24, 2.45) is 0 Å². The summed E-state index contributed by atoms with van der Waals surface area (Å²) >= 11 is 0. The Kier molecular flexibility index (Phi) is 6.29. The van der Waals surface area contributed by atoms with Crippen molar-refractivity contribution in [3.8, 4) is 22.5 Å². The lowest BCUT2D eigenvalue weighted by atomic mass is 9.93. The average molecular weight is 496 g/mol. The van der Waals surface area contributed by atoms with Crippen molar-refractivity contribution in [3.63, 3.8) is 0 Å². The molecule has 37 heavy (non-hydrogen) atoms. The van der Waals surface area contributed by atoms with Gasteiger partial charge in [-0.25, -0.2) is 4.79 Å². The van der Waals surface area contributed by atoms with Crippen molar-refractivity contribution < 1.29 is 19.2 Å². The maximum absolute atomic E-state index is 13.1. The molecular weight excluding hydrogens is 466 g/mol. The van der Waals surface area contributed by atoms with Gasteiger partial charge in [0.2, 0.25) is 0 Å². The molecule has 1 atom stereocenters. The first-order valence-corrected chi connectivity index (χ1v) is 12.3. The van der Waals surface area contributed by atoms with Crippen molar-refractivity contribution >= 4 is 17.7 Å². The third-order valence-electron chi connectivity index (χ3n) is 7.36. The Morgan fingerprint density at radius 1 is 0.946 bits per heavy atom. The summed E-state index contributed by atoms with van der Waals surface area (Å²) in [6.07, 6.45) is 1.37. The first kappa shape index (κ1) is 24.3. The number of carbonyl (C=O) groups is 2. The molecule has 1 aliphatic rings. The molecule has 7 nitrogen and oxygen atoms in total. The number of carboxylic acids is 1. The second-order valence-corrected chi connectivity index (χ2v) is 9.64. The zero-order valence-electron chi connectivity index (χ0n) is 21.1. The first-order valence-electron chi connectivity index (χ1n) is 12.3. The molecule has 0 bridgehead atoms. The number of benzene rings is 3. The maximum Gasteiger partial charge on any atom is 0.322 e. The molecule has 1 saturated carbocycles. The first-order chi connectivity index (χ1) is 17.8. The largest absolute Gasteiger partial charge is 0.481 e. The molecular formula is C30H29N3O4. The Hall–Kier alpha value is -4.39. The van der Waals surface area contributed by atoms with Gasteiger partial charge in [0, 0.05) is 12.6 Å². The van der Waals surface area contributed by atoms with Gasteiger partial charge in [-0.1, -0.05) is 84.0 Å². The molecule has 4 aromatic rings. The number of hydrogen-bond acceptors (Lipinski definition) is 4. The van der Waals surface area contributed by atoms with Crippen LogP contribution in [0.25, 0.3) is 22.5 Å². The summed E-state index contributed by atoms with van der Waals surface area (Å²) in [6, 6.07) is 25.0. The standard InChI is InChI=1S/C30H29N3O4/c1-19-26(31-29(36)33(3)20(2)21-7-5-4-6-8-21)27(37-32-19)24-11-9-22(10-12-24)23-13-15-25(16-14-23)30(17-18-30)28(34)35/h4-16,20H,17-18H2,1-3H3,(H,31,36)(H,34,35)/t20-/m1/s1. The summed E-state index contributed by atoms with van der Waals surface area (Å²) in [5, 5.41) is 16.6. The fraction of sp³-hybridized carbons (Fsp3) is 0.233. The number of amides is 2. The predicted molar refractivity (Wildman–Crippen MR) is 142 cm³/mol. The number of rotatable bonds is 7. The van der Waals surface area contributed by atoms with Crippen LogP contribution >= 0.6 is 0 Å². The van der Waals surface area contributed by atoms with Crippen LogP contribution in [-0.2, 0) is 10.2 Å². The third kappa shape index (κ3) is 4.60. The Morgan fingerprint density at radius 2 is 1.51 bits per heavy atom. The van der Waals surface area contributed by atoms with Gasteiger partial charge < -0.3 is 19.8 Å². The second-order valence-electron chi connectivity index (χ2n) is 9.64.